The average Bonchev–Trinajstić information content (AvgIpc) is 2.96. The van der Waals surface area contributed by atoms with E-state index in [1.165, 1.54) is 0 Å². The molecule has 19 heavy (non-hydrogen) atoms. The summed E-state index contributed by atoms with van der Waals surface area (Å²) < 4.78 is 0. The summed E-state index contributed by atoms with van der Waals surface area (Å²) in [6.07, 6.45) is 1.78. The molecule has 0 aliphatic heterocycles. The topological polar surface area (TPSA) is 70.8 Å². The summed E-state index contributed by atoms with van der Waals surface area (Å²) in [5.74, 6) is 0. The van der Waals surface area contributed by atoms with Crippen LogP contribution in [-0.2, 0) is 6.54 Å². The zero-order chi connectivity index (χ0) is 13.4. The number of hydrogen-bond acceptors (Lipinski definition) is 5. The molecule has 0 unspecified atom stereocenters. The van der Waals surface area contributed by atoms with Crippen LogP contribution in [0, 0.1) is 6.92 Å². The van der Waals surface area contributed by atoms with E-state index in [-0.39, 0.29) is 0 Å². The Hall–Kier alpha value is -2.08. The van der Waals surface area contributed by atoms with E-state index in [4.69, 9.17) is 5.73 Å². The number of aromatic nitrogens is 3. The van der Waals surface area contributed by atoms with E-state index in [2.05, 4.69) is 25.5 Å². The fraction of sp³-hybridized carbons (Fsp3) is 0.231. The molecule has 3 rings (SSSR count). The Bertz CT molecular complexity index is 715. The van der Waals surface area contributed by atoms with Crippen LogP contribution in [0.1, 0.15) is 10.7 Å². The number of nitrogens with zero attached hydrogens (tertiary/aromatic N) is 3. The third kappa shape index (κ3) is 2.26. The summed E-state index contributed by atoms with van der Waals surface area (Å²) >= 11 is 1.66. The first-order valence-electron chi connectivity index (χ1n) is 5.98. The molecule has 0 saturated carbocycles. The molecule has 0 amide bonds. The van der Waals surface area contributed by atoms with Gasteiger partial charge in [0.1, 0.15) is 0 Å². The molecule has 0 radical (unpaired) electrons. The minimum atomic E-state index is 0.744. The Morgan fingerprint density at radius 2 is 2.26 bits per heavy atom. The van der Waals surface area contributed by atoms with Crippen LogP contribution in [0.15, 0.2) is 23.7 Å². The van der Waals surface area contributed by atoms with E-state index in [1.807, 2.05) is 26.1 Å². The fourth-order valence-corrected chi connectivity index (χ4v) is 2.74. The van der Waals surface area contributed by atoms with Crippen LogP contribution in [0.3, 0.4) is 0 Å². The van der Waals surface area contributed by atoms with E-state index in [9.17, 15) is 0 Å². The molecule has 2 aromatic heterocycles. The number of rotatable bonds is 3. The number of fused-ring (bicyclic) bond motifs is 1. The Morgan fingerprint density at radius 3 is 3.00 bits per heavy atom. The molecule has 3 aromatic rings. The number of benzene rings is 1. The zero-order valence-electron chi connectivity index (χ0n) is 10.8. The molecule has 0 aliphatic carbocycles. The fourth-order valence-electron chi connectivity index (χ4n) is 2.14. The summed E-state index contributed by atoms with van der Waals surface area (Å²) in [4.78, 5) is 6.58. The summed E-state index contributed by atoms with van der Waals surface area (Å²) in [5, 5.41) is 11.2. The SMILES string of the molecule is Cc1nc(CN(C)c2cc3[nH]ncc3cc2N)cs1. The van der Waals surface area contributed by atoms with E-state index < -0.39 is 0 Å². The average molecular weight is 273 g/mol. The van der Waals surface area contributed by atoms with Gasteiger partial charge in [-0.2, -0.15) is 5.10 Å². The molecule has 98 valence electrons. The minimum absolute atomic E-state index is 0.744. The van der Waals surface area contributed by atoms with Crippen molar-refractivity contribution in [3.8, 4) is 0 Å². The van der Waals surface area contributed by atoms with Crippen molar-refractivity contribution in [2.24, 2.45) is 0 Å². The number of nitrogen functional groups attached to an aromatic ring is 1. The number of nitrogens with two attached hydrogens (primary N) is 1. The van der Waals surface area contributed by atoms with Crippen molar-refractivity contribution in [1.29, 1.82) is 0 Å². The van der Waals surface area contributed by atoms with E-state index in [0.29, 0.717) is 0 Å². The van der Waals surface area contributed by atoms with Gasteiger partial charge in [-0.25, -0.2) is 4.98 Å². The Morgan fingerprint density at radius 1 is 1.42 bits per heavy atom. The van der Waals surface area contributed by atoms with E-state index in [0.717, 1.165) is 39.5 Å². The standard InChI is InChI=1S/C13H15N5S/c1-8-16-10(7-19-8)6-18(2)13-4-12-9(3-11(13)14)5-15-17-12/h3-5,7H,6,14H2,1-2H3,(H,15,17). The smallest absolute Gasteiger partial charge is 0.0898 e. The number of anilines is 2. The van der Waals surface area contributed by atoms with Crippen LogP contribution in [0.25, 0.3) is 10.9 Å². The number of thiazole rings is 1. The van der Waals surface area contributed by atoms with Gasteiger partial charge in [0.25, 0.3) is 0 Å². The number of nitrogens with one attached hydrogen (secondary N) is 1. The van der Waals surface area contributed by atoms with Gasteiger partial charge in [0, 0.05) is 17.8 Å². The maximum atomic E-state index is 6.10. The molecule has 0 spiro atoms. The first-order valence-corrected chi connectivity index (χ1v) is 6.86. The van der Waals surface area contributed by atoms with E-state index in [1.54, 1.807) is 17.5 Å². The van der Waals surface area contributed by atoms with E-state index >= 15 is 0 Å². The van der Waals surface area contributed by atoms with Gasteiger partial charge in [0.2, 0.25) is 0 Å². The zero-order valence-corrected chi connectivity index (χ0v) is 11.7. The second-order valence-corrected chi connectivity index (χ2v) is 5.64. The quantitative estimate of drug-likeness (QED) is 0.719. The number of hydrogen-bond donors (Lipinski definition) is 2. The maximum absolute atomic E-state index is 6.10. The van der Waals surface area contributed by atoms with Crippen molar-refractivity contribution in [3.63, 3.8) is 0 Å². The first-order chi connectivity index (χ1) is 9.13. The van der Waals surface area contributed by atoms with Crippen molar-refractivity contribution in [2.75, 3.05) is 17.7 Å². The molecule has 0 bridgehead atoms. The lowest BCUT2D eigenvalue weighted by Gasteiger charge is -2.20. The summed E-state index contributed by atoms with van der Waals surface area (Å²) in [6.45, 7) is 2.76. The summed E-state index contributed by atoms with van der Waals surface area (Å²) in [6, 6.07) is 3.97. The molecule has 1 aromatic carbocycles. The molecule has 2 heterocycles. The van der Waals surface area contributed by atoms with Crippen LogP contribution >= 0.6 is 11.3 Å². The molecule has 0 aliphatic rings. The van der Waals surface area contributed by atoms with Gasteiger partial charge in [0.05, 0.1) is 40.3 Å². The lowest BCUT2D eigenvalue weighted by atomic mass is 10.2. The third-order valence-corrected chi connectivity index (χ3v) is 3.89. The van der Waals surface area contributed by atoms with Gasteiger partial charge in [0.15, 0.2) is 0 Å². The van der Waals surface area contributed by atoms with Crippen LogP contribution in [0.5, 0.6) is 0 Å². The molecule has 0 fully saturated rings. The highest BCUT2D eigenvalue weighted by Crippen LogP contribution is 2.28. The van der Waals surface area contributed by atoms with Crippen molar-refractivity contribution in [3.05, 3.63) is 34.4 Å². The first kappa shape index (κ1) is 12.0. The van der Waals surface area contributed by atoms with Gasteiger partial charge in [-0.1, -0.05) is 0 Å². The normalized spacial score (nSPS) is 11.1. The highest BCUT2D eigenvalue weighted by atomic mass is 32.1. The van der Waals surface area contributed by atoms with Gasteiger partial charge in [-0.15, -0.1) is 11.3 Å². The molecule has 3 N–H and O–H groups in total. The predicted molar refractivity (Wildman–Crippen MR) is 79.5 cm³/mol. The number of aryl methyl sites for hydroxylation is 1. The lowest BCUT2D eigenvalue weighted by Crippen LogP contribution is -2.18. The summed E-state index contributed by atoms with van der Waals surface area (Å²) in [7, 11) is 2.02. The second-order valence-electron chi connectivity index (χ2n) is 4.58. The highest BCUT2D eigenvalue weighted by Gasteiger charge is 2.10. The van der Waals surface area contributed by atoms with Gasteiger partial charge < -0.3 is 10.6 Å². The van der Waals surface area contributed by atoms with Crippen molar-refractivity contribution >= 4 is 33.6 Å². The molecular formula is C13H15N5S. The molecule has 6 heteroatoms. The molecule has 0 atom stereocenters. The number of aromatic amines is 1. The van der Waals surface area contributed by atoms with Crippen LogP contribution in [0.4, 0.5) is 11.4 Å². The van der Waals surface area contributed by atoms with Crippen LogP contribution in [0.2, 0.25) is 0 Å². The lowest BCUT2D eigenvalue weighted by molar-refractivity contribution is 0.892. The third-order valence-electron chi connectivity index (χ3n) is 3.06. The Labute approximate surface area is 115 Å². The van der Waals surface area contributed by atoms with Gasteiger partial charge in [-0.05, 0) is 19.1 Å². The highest BCUT2D eigenvalue weighted by molar-refractivity contribution is 7.09. The Balaban J connectivity index is 1.91. The molecular weight excluding hydrogens is 258 g/mol. The minimum Gasteiger partial charge on any atom is -0.397 e. The van der Waals surface area contributed by atoms with Crippen molar-refractivity contribution in [1.82, 2.24) is 15.2 Å². The molecule has 0 saturated heterocycles. The monoisotopic (exact) mass is 273 g/mol. The van der Waals surface area contributed by atoms with Gasteiger partial charge >= 0.3 is 0 Å². The molecule has 5 nitrogen and oxygen atoms in total. The maximum Gasteiger partial charge on any atom is 0.0898 e. The van der Waals surface area contributed by atoms with Crippen LogP contribution in [-0.4, -0.2) is 22.2 Å². The van der Waals surface area contributed by atoms with Crippen molar-refractivity contribution < 1.29 is 0 Å². The second kappa shape index (κ2) is 4.55. The number of H-pyrrole nitrogens is 1. The largest absolute Gasteiger partial charge is 0.397 e. The summed E-state index contributed by atoms with van der Waals surface area (Å²) in [5.41, 5.74) is 9.90. The van der Waals surface area contributed by atoms with Gasteiger partial charge in [-0.3, -0.25) is 5.10 Å². The van der Waals surface area contributed by atoms with Crippen molar-refractivity contribution in [2.45, 2.75) is 13.5 Å². The van der Waals surface area contributed by atoms with Crippen LogP contribution < -0.4 is 10.6 Å². The predicted octanol–water partition coefficient (Wildman–Crippen LogP) is 2.55. The Kier molecular flexibility index (Phi) is 2.87.